The molecule has 0 radical (unpaired) electrons. The van der Waals surface area contributed by atoms with E-state index in [2.05, 4.69) is 0 Å². The van der Waals surface area contributed by atoms with Gasteiger partial charge in [-0.05, 0) is 38.0 Å². The van der Waals surface area contributed by atoms with Crippen LogP contribution in [0, 0.1) is 17.8 Å². The highest BCUT2D eigenvalue weighted by molar-refractivity contribution is 5.85. The Morgan fingerprint density at radius 2 is 2.07 bits per heavy atom. The van der Waals surface area contributed by atoms with E-state index in [1.165, 1.54) is 12.8 Å². The fourth-order valence-electron chi connectivity index (χ4n) is 2.92. The summed E-state index contributed by atoms with van der Waals surface area (Å²) in [6, 6.07) is 0.0674. The van der Waals surface area contributed by atoms with Gasteiger partial charge in [0.1, 0.15) is 0 Å². The van der Waals surface area contributed by atoms with E-state index in [-0.39, 0.29) is 30.3 Å². The van der Waals surface area contributed by atoms with Crippen molar-refractivity contribution < 1.29 is 9.53 Å². The Hall–Kier alpha value is -0.280. The van der Waals surface area contributed by atoms with Crippen molar-refractivity contribution in [3.8, 4) is 0 Å². The number of rotatable bonds is 2. The van der Waals surface area contributed by atoms with Crippen molar-refractivity contribution in [3.63, 3.8) is 0 Å². The summed E-state index contributed by atoms with van der Waals surface area (Å²) in [5.41, 5.74) is 5.99. The van der Waals surface area contributed by atoms with Gasteiger partial charge in [0.2, 0.25) is 0 Å². The molecule has 2 fully saturated rings. The van der Waals surface area contributed by atoms with Gasteiger partial charge in [-0.2, -0.15) is 0 Å². The fraction of sp³-hybridized carbons (Fsp3) is 0.900. The van der Waals surface area contributed by atoms with Crippen LogP contribution in [0.4, 0.5) is 0 Å². The Morgan fingerprint density at radius 3 is 2.57 bits per heavy atom. The van der Waals surface area contributed by atoms with E-state index in [0.717, 1.165) is 6.42 Å². The molecule has 14 heavy (non-hydrogen) atoms. The normalized spacial score (nSPS) is 39.3. The van der Waals surface area contributed by atoms with Gasteiger partial charge in [0.25, 0.3) is 0 Å². The van der Waals surface area contributed by atoms with E-state index in [4.69, 9.17) is 10.5 Å². The molecular formula is C10H18ClNO2. The van der Waals surface area contributed by atoms with E-state index in [1.807, 2.05) is 6.92 Å². The highest BCUT2D eigenvalue weighted by Crippen LogP contribution is 2.47. The molecule has 0 spiro atoms. The first kappa shape index (κ1) is 11.8. The van der Waals surface area contributed by atoms with Crippen LogP contribution >= 0.6 is 12.4 Å². The number of fused-ring (bicyclic) bond motifs is 2. The fourth-order valence-corrected chi connectivity index (χ4v) is 2.92. The first-order chi connectivity index (χ1) is 6.24. The van der Waals surface area contributed by atoms with Crippen molar-refractivity contribution in [1.82, 2.24) is 0 Å². The Morgan fingerprint density at radius 1 is 1.43 bits per heavy atom. The van der Waals surface area contributed by atoms with Crippen LogP contribution in [0.15, 0.2) is 0 Å². The van der Waals surface area contributed by atoms with Crippen LogP contribution in [-0.2, 0) is 9.53 Å². The van der Waals surface area contributed by atoms with Gasteiger partial charge in [0, 0.05) is 6.04 Å². The molecule has 0 aromatic rings. The minimum Gasteiger partial charge on any atom is -0.466 e. The van der Waals surface area contributed by atoms with E-state index in [9.17, 15) is 4.79 Å². The smallest absolute Gasteiger partial charge is 0.310 e. The third kappa shape index (κ3) is 1.75. The summed E-state index contributed by atoms with van der Waals surface area (Å²) >= 11 is 0. The number of carbonyl (C=O) groups is 1. The maximum Gasteiger partial charge on any atom is 0.310 e. The molecule has 0 aromatic heterocycles. The minimum atomic E-state index is -0.0674. The van der Waals surface area contributed by atoms with Crippen molar-refractivity contribution in [2.75, 3.05) is 6.61 Å². The van der Waals surface area contributed by atoms with Crippen LogP contribution in [0.5, 0.6) is 0 Å². The second-order valence-electron chi connectivity index (χ2n) is 4.19. The predicted molar refractivity (Wildman–Crippen MR) is 56.2 cm³/mol. The molecule has 0 saturated heterocycles. The zero-order chi connectivity index (χ0) is 9.42. The number of nitrogens with two attached hydrogens (primary N) is 1. The zero-order valence-electron chi connectivity index (χ0n) is 8.44. The quantitative estimate of drug-likeness (QED) is 0.714. The van der Waals surface area contributed by atoms with E-state index >= 15 is 0 Å². The van der Waals surface area contributed by atoms with Crippen LogP contribution in [-0.4, -0.2) is 18.6 Å². The van der Waals surface area contributed by atoms with Gasteiger partial charge in [0.15, 0.2) is 0 Å². The van der Waals surface area contributed by atoms with E-state index in [1.54, 1.807) is 0 Å². The Labute approximate surface area is 90.8 Å². The summed E-state index contributed by atoms with van der Waals surface area (Å²) in [4.78, 5) is 11.5. The summed E-state index contributed by atoms with van der Waals surface area (Å²) in [6.45, 7) is 2.32. The molecule has 2 bridgehead atoms. The molecule has 3 nitrogen and oxygen atoms in total. The first-order valence-electron chi connectivity index (χ1n) is 5.16. The van der Waals surface area contributed by atoms with Crippen molar-refractivity contribution in [1.29, 1.82) is 0 Å². The topological polar surface area (TPSA) is 52.3 Å². The molecule has 2 saturated carbocycles. The lowest BCUT2D eigenvalue weighted by Crippen LogP contribution is -2.41. The lowest BCUT2D eigenvalue weighted by molar-refractivity contribution is -0.150. The van der Waals surface area contributed by atoms with Gasteiger partial charge in [0.05, 0.1) is 12.5 Å². The Kier molecular flexibility index (Phi) is 3.78. The van der Waals surface area contributed by atoms with Gasteiger partial charge >= 0.3 is 5.97 Å². The number of halogens is 1. The SMILES string of the molecule is CCOC(=O)C1C2CCC(C2)C1N.Cl. The molecule has 2 aliphatic rings. The molecule has 4 atom stereocenters. The monoisotopic (exact) mass is 219 g/mol. The van der Waals surface area contributed by atoms with Crippen molar-refractivity contribution >= 4 is 18.4 Å². The number of carbonyl (C=O) groups excluding carboxylic acids is 1. The van der Waals surface area contributed by atoms with Gasteiger partial charge < -0.3 is 10.5 Å². The van der Waals surface area contributed by atoms with Crippen LogP contribution in [0.1, 0.15) is 26.2 Å². The van der Waals surface area contributed by atoms with Crippen LogP contribution in [0.25, 0.3) is 0 Å². The number of hydrogen-bond acceptors (Lipinski definition) is 3. The summed E-state index contributed by atoms with van der Waals surface area (Å²) in [5.74, 6) is 1.03. The third-order valence-corrected chi connectivity index (χ3v) is 3.54. The number of ether oxygens (including phenoxy) is 1. The highest BCUT2D eigenvalue weighted by Gasteiger charge is 2.49. The lowest BCUT2D eigenvalue weighted by atomic mass is 9.85. The molecule has 4 unspecified atom stereocenters. The van der Waals surface area contributed by atoms with E-state index < -0.39 is 0 Å². The Balaban J connectivity index is 0.000000980. The standard InChI is InChI=1S/C10H17NO2.ClH/c1-2-13-10(12)8-6-3-4-7(5-6)9(8)11;/h6-9H,2-5,11H2,1H3;1H. The average Bonchev–Trinajstić information content (AvgIpc) is 2.63. The van der Waals surface area contributed by atoms with Gasteiger partial charge in [-0.1, -0.05) is 0 Å². The van der Waals surface area contributed by atoms with Crippen molar-refractivity contribution in [2.45, 2.75) is 32.2 Å². The third-order valence-electron chi connectivity index (χ3n) is 3.54. The first-order valence-corrected chi connectivity index (χ1v) is 5.16. The van der Waals surface area contributed by atoms with Gasteiger partial charge in [-0.25, -0.2) is 0 Å². The molecule has 0 heterocycles. The maximum absolute atomic E-state index is 11.5. The van der Waals surface area contributed by atoms with Crippen molar-refractivity contribution in [2.24, 2.45) is 23.5 Å². The van der Waals surface area contributed by atoms with Crippen LogP contribution in [0.3, 0.4) is 0 Å². The summed E-state index contributed by atoms with van der Waals surface area (Å²) < 4.78 is 5.03. The van der Waals surface area contributed by atoms with Crippen LogP contribution < -0.4 is 5.73 Å². The summed E-state index contributed by atoms with van der Waals surface area (Å²) in [5, 5.41) is 0. The maximum atomic E-state index is 11.5. The molecular weight excluding hydrogens is 202 g/mol. The molecule has 2 N–H and O–H groups in total. The minimum absolute atomic E-state index is 0. The molecule has 82 valence electrons. The largest absolute Gasteiger partial charge is 0.466 e. The molecule has 0 amide bonds. The summed E-state index contributed by atoms with van der Waals surface area (Å²) in [6.07, 6.45) is 3.52. The summed E-state index contributed by atoms with van der Waals surface area (Å²) in [7, 11) is 0. The van der Waals surface area contributed by atoms with Gasteiger partial charge in [-0.15, -0.1) is 12.4 Å². The Bertz CT molecular complexity index is 220. The highest BCUT2D eigenvalue weighted by atomic mass is 35.5. The van der Waals surface area contributed by atoms with Crippen molar-refractivity contribution in [3.05, 3.63) is 0 Å². The average molecular weight is 220 g/mol. The molecule has 4 heteroatoms. The van der Waals surface area contributed by atoms with E-state index in [0.29, 0.717) is 18.4 Å². The zero-order valence-corrected chi connectivity index (χ0v) is 9.26. The number of hydrogen-bond donors (Lipinski definition) is 1. The second kappa shape index (κ2) is 4.49. The van der Waals surface area contributed by atoms with Crippen LogP contribution in [0.2, 0.25) is 0 Å². The lowest BCUT2D eigenvalue weighted by Gasteiger charge is -2.25. The molecule has 0 aliphatic heterocycles. The number of esters is 1. The predicted octanol–water partition coefficient (Wildman–Crippen LogP) is 1.34. The molecule has 0 aromatic carbocycles. The van der Waals surface area contributed by atoms with Gasteiger partial charge in [-0.3, -0.25) is 4.79 Å². The second-order valence-corrected chi connectivity index (χ2v) is 4.19. The molecule has 2 rings (SSSR count). The molecule has 2 aliphatic carbocycles.